The lowest BCUT2D eigenvalue weighted by molar-refractivity contribution is -0.168. The average molecular weight is 1880 g/mol. The summed E-state index contributed by atoms with van der Waals surface area (Å²) >= 11 is 0. The van der Waals surface area contributed by atoms with Gasteiger partial charge in [-0.3, -0.25) is 19.2 Å². The van der Waals surface area contributed by atoms with Gasteiger partial charge in [0.1, 0.15) is 0 Å². The van der Waals surface area contributed by atoms with E-state index >= 15 is 0 Å². The Balaban J connectivity index is 0.000000111. The molecule has 0 aromatic heterocycles. The lowest BCUT2D eigenvalue weighted by Gasteiger charge is -2.66. The number of hydrogen-bond acceptors (Lipinski definition) is 4. The molecule has 0 bridgehead atoms. The minimum atomic E-state index is 0.200. The van der Waals surface area contributed by atoms with Crippen molar-refractivity contribution >= 4 is 77.9 Å². The van der Waals surface area contributed by atoms with Gasteiger partial charge in [0.25, 0.3) is 0 Å². The molecular weight excluding hydrogens is 1710 g/mol. The minimum absolute atomic E-state index is 0.200. The Morgan fingerprint density at radius 1 is 0.257 bits per heavy atom. The topological polar surface area (TPSA) is 81.2 Å². The van der Waals surface area contributed by atoms with Crippen molar-refractivity contribution in [1.82, 2.24) is 19.6 Å². The van der Waals surface area contributed by atoms with E-state index in [1.165, 1.54) is 234 Å². The van der Waals surface area contributed by atoms with E-state index in [0.29, 0.717) is 90.7 Å². The molecule has 0 saturated heterocycles. The van der Waals surface area contributed by atoms with Crippen molar-refractivity contribution in [2.24, 2.45) is 124 Å². The van der Waals surface area contributed by atoms with Gasteiger partial charge in [-0.1, -0.05) is 276 Å². The van der Waals surface area contributed by atoms with Crippen LogP contribution >= 0.6 is 0 Å². The molecule has 16 aliphatic carbocycles. The SMILES string of the molecule is CC(=O)N(C)[C@H]1CC[C@@]2(C)C(=CC[C@@]3(C)[C@@H]4CC[C@H](c5ccc6ccccc6c5)[C@@]4(C)CC[C@@H]32)C1.CC(=O)N(C)[C@H]1CC[C@@]2(C)C(=CC[C@]3(C)[C@@H]2CC[C@]2(C)C(c4ccc5ccccc5c4)=CC[C@@H]32)C1.CC(=O)N(C)[C@H]1CC[C@@]2(C)[C@@H](CC[C@]3(C)[C@@H]2CC[C@@]2(C)[C@H]3CC[C@@H]2c2ccc3ccccc3c2)C1.CC(=O)N(C)[C@H]1CC[C@@]2(C)[C@@H](CC[C@]3(C)[C@@H]2CC[C@]2(C)C(c4ccc5ccccc5c4)=CC[C@@H]32)C1. The van der Waals surface area contributed by atoms with Crippen LogP contribution in [0.5, 0.6) is 0 Å². The molecule has 12 fully saturated rings. The summed E-state index contributed by atoms with van der Waals surface area (Å²) in [6, 6.07) is 65.7. The van der Waals surface area contributed by atoms with Gasteiger partial charge in [0.2, 0.25) is 23.6 Å². The molecule has 4 amide bonds. The standard InChI is InChI=1S/C33H45NO.2C33H43NO.C33H41NO/c4*1-22(35)34(5)27-15-18-31(2)26(21-27)14-17-33(4)29-13-12-28(32(29,3)19-16-30(31)33)25-11-10-23-8-6-7-9-24(23)20-25/h6-11,20,26-30H,12-19,21H2,1-5H3;6-11,14,20,27-30H,12-13,15-19,21H2,1-5H3;6-12,20,26-27,29-30H,13-19,21H2,1-5H3;6-12,14,20,27,29-30H,13,15-19,21H2,1-5H3/t26-,27-,28+,29+,30+,31-,32+,33-;27-,28+,29+,30+,31-,32+,33-;26-,27-,29+,30+,31-,32+,33-;27-,29+,30+,31-,32+,33-/m0000/s1. The van der Waals surface area contributed by atoms with Gasteiger partial charge in [0.05, 0.1) is 0 Å². The summed E-state index contributed by atoms with van der Waals surface area (Å²) in [7, 11) is 8.04. The van der Waals surface area contributed by atoms with Gasteiger partial charge in [-0.25, -0.2) is 0 Å². The minimum Gasteiger partial charge on any atom is -0.343 e. The van der Waals surface area contributed by atoms with Crippen LogP contribution in [0.4, 0.5) is 0 Å². The van der Waals surface area contributed by atoms with Crippen LogP contribution in [0.25, 0.3) is 54.2 Å². The molecule has 0 radical (unpaired) electrons. The summed E-state index contributed by atoms with van der Waals surface area (Å²) in [4.78, 5) is 56.3. The molecule has 0 N–H and O–H groups in total. The molecule has 0 spiro atoms. The summed E-state index contributed by atoms with van der Waals surface area (Å²) in [6.07, 6.45) is 51.3. The number of rotatable bonds is 8. The zero-order valence-corrected chi connectivity index (χ0v) is 89.8. The van der Waals surface area contributed by atoms with Crippen molar-refractivity contribution in [3.8, 4) is 0 Å². The number of nitrogens with zero attached hydrogens (tertiary/aromatic N) is 4. The molecule has 8 nitrogen and oxygen atoms in total. The second kappa shape index (κ2) is 35.8. The maximum absolute atomic E-state index is 12.1. The zero-order chi connectivity index (χ0) is 98.3. The normalized spacial score (nSPS) is 40.4. The van der Waals surface area contributed by atoms with Crippen molar-refractivity contribution < 1.29 is 19.2 Å². The number of benzene rings is 8. The molecule has 0 aliphatic heterocycles. The second-order valence-electron chi connectivity index (χ2n) is 53.1. The van der Waals surface area contributed by atoms with E-state index in [2.05, 4.69) is 277 Å². The monoisotopic (exact) mass is 1880 g/mol. The molecular formula is C132H172N4O4. The fourth-order valence-corrected chi connectivity index (χ4v) is 39.5. The van der Waals surface area contributed by atoms with E-state index < -0.39 is 0 Å². The highest BCUT2D eigenvalue weighted by atomic mass is 16.2. The first kappa shape index (κ1) is 97.7. The van der Waals surface area contributed by atoms with Crippen molar-refractivity contribution in [1.29, 1.82) is 0 Å². The van der Waals surface area contributed by atoms with E-state index in [0.717, 1.165) is 78.9 Å². The molecule has 28 atom stereocenters. The van der Waals surface area contributed by atoms with Gasteiger partial charge >= 0.3 is 0 Å². The highest BCUT2D eigenvalue weighted by Crippen LogP contribution is 2.79. The third-order valence-electron chi connectivity index (χ3n) is 47.6. The molecule has 24 rings (SSSR count). The number of carbonyl (C=O) groups excluding carboxylic acids is 4. The Morgan fingerprint density at radius 2 is 0.550 bits per heavy atom. The third kappa shape index (κ3) is 15.5. The maximum Gasteiger partial charge on any atom is 0.219 e. The fourth-order valence-electron chi connectivity index (χ4n) is 39.5. The molecule has 140 heavy (non-hydrogen) atoms. The fraction of sp³-hybridized carbons (Fsp3) is 0.606. The van der Waals surface area contributed by atoms with Crippen LogP contribution in [0.15, 0.2) is 205 Å². The highest BCUT2D eigenvalue weighted by molar-refractivity contribution is 5.90. The first-order valence-electron chi connectivity index (χ1n) is 56.4. The maximum atomic E-state index is 12.1. The van der Waals surface area contributed by atoms with Gasteiger partial charge < -0.3 is 19.6 Å². The van der Waals surface area contributed by atoms with E-state index in [-0.39, 0.29) is 39.9 Å². The second-order valence-corrected chi connectivity index (χ2v) is 53.1. The molecule has 8 aromatic rings. The predicted octanol–water partition coefficient (Wildman–Crippen LogP) is 32.5. The van der Waals surface area contributed by atoms with Gasteiger partial charge in [-0.2, -0.15) is 0 Å². The van der Waals surface area contributed by atoms with E-state index in [9.17, 15) is 19.2 Å². The number of amides is 4. The van der Waals surface area contributed by atoms with Crippen LogP contribution in [0.3, 0.4) is 0 Å². The molecule has 16 aliphatic rings. The van der Waals surface area contributed by atoms with Crippen LogP contribution in [0.1, 0.15) is 350 Å². The van der Waals surface area contributed by atoms with E-state index in [4.69, 9.17) is 0 Å². The molecule has 0 unspecified atom stereocenters. The Bertz CT molecular complexity index is 6140. The number of carbonyl (C=O) groups is 4. The Morgan fingerprint density at radius 3 is 0.950 bits per heavy atom. The molecule has 744 valence electrons. The first-order chi connectivity index (χ1) is 66.7. The molecule has 12 saturated carbocycles. The highest BCUT2D eigenvalue weighted by Gasteiger charge is 2.70. The van der Waals surface area contributed by atoms with Crippen molar-refractivity contribution in [2.75, 3.05) is 28.2 Å². The van der Waals surface area contributed by atoms with Crippen LogP contribution < -0.4 is 0 Å². The lowest BCUT2D eigenvalue weighted by Crippen LogP contribution is -2.59. The third-order valence-corrected chi connectivity index (χ3v) is 47.6. The Hall–Kier alpha value is -8.36. The van der Waals surface area contributed by atoms with Gasteiger partial charge in [0, 0.05) is 80.1 Å². The van der Waals surface area contributed by atoms with Crippen molar-refractivity contribution in [2.45, 2.75) is 352 Å². The van der Waals surface area contributed by atoms with Gasteiger partial charge in [-0.15, -0.1) is 0 Å². The van der Waals surface area contributed by atoms with Crippen LogP contribution in [-0.4, -0.2) is 95.6 Å². The molecule has 8 heteroatoms. The predicted molar refractivity (Wildman–Crippen MR) is 582 cm³/mol. The van der Waals surface area contributed by atoms with Crippen LogP contribution in [0, 0.1) is 124 Å². The molecule has 8 aromatic carbocycles. The smallest absolute Gasteiger partial charge is 0.219 e. The number of allylic oxidation sites excluding steroid dienone is 6. The summed E-state index contributed by atoms with van der Waals surface area (Å²) in [6.45, 7) is 38.5. The lowest BCUT2D eigenvalue weighted by atomic mass is 9.39. The average Bonchev–Trinajstić information content (AvgIpc) is 1.43. The Labute approximate surface area is 843 Å². The van der Waals surface area contributed by atoms with Crippen LogP contribution in [0.2, 0.25) is 0 Å². The Kier molecular flexibility index (Phi) is 25.0. The van der Waals surface area contributed by atoms with Crippen molar-refractivity contribution in [3.05, 3.63) is 228 Å². The summed E-state index contributed by atoms with van der Waals surface area (Å²) in [5.41, 5.74) is 17.0. The summed E-state index contributed by atoms with van der Waals surface area (Å²) < 4.78 is 0. The quantitative estimate of drug-likeness (QED) is 0.142. The number of hydrogen-bond donors (Lipinski definition) is 0. The summed E-state index contributed by atoms with van der Waals surface area (Å²) in [5.74, 6) is 10.00. The summed E-state index contributed by atoms with van der Waals surface area (Å²) in [5, 5.41) is 10.9. The van der Waals surface area contributed by atoms with E-state index in [1.807, 2.05) is 47.8 Å². The van der Waals surface area contributed by atoms with Crippen molar-refractivity contribution in [3.63, 3.8) is 0 Å². The van der Waals surface area contributed by atoms with Gasteiger partial charge in [0.15, 0.2) is 0 Å². The first-order valence-corrected chi connectivity index (χ1v) is 56.4. The zero-order valence-electron chi connectivity index (χ0n) is 89.8. The van der Waals surface area contributed by atoms with Crippen LogP contribution in [-0.2, 0) is 19.2 Å². The largest absolute Gasteiger partial charge is 0.343 e. The molecule has 0 heterocycles. The number of fused-ring (bicyclic) bond motifs is 24. The van der Waals surface area contributed by atoms with Gasteiger partial charge in [-0.05, 0) is 430 Å². The van der Waals surface area contributed by atoms with E-state index in [1.54, 1.807) is 61.1 Å².